The standard InChI is InChI=1S/C11H21O/c1-2-3-10-12-11-8-6-4-5-7-9-11/h2-10H2,1H3. The summed E-state index contributed by atoms with van der Waals surface area (Å²) in [4.78, 5) is 0. The third kappa shape index (κ3) is 4.10. The van der Waals surface area contributed by atoms with Crippen molar-refractivity contribution in [2.75, 3.05) is 6.61 Å². The van der Waals surface area contributed by atoms with Crippen LogP contribution in [0.25, 0.3) is 0 Å². The number of hydrogen-bond acceptors (Lipinski definition) is 1. The summed E-state index contributed by atoms with van der Waals surface area (Å²) < 4.78 is 5.72. The molecule has 1 aliphatic carbocycles. The van der Waals surface area contributed by atoms with Gasteiger partial charge in [0.15, 0.2) is 0 Å². The van der Waals surface area contributed by atoms with Gasteiger partial charge in [-0.05, 0) is 19.3 Å². The molecule has 1 heteroatoms. The van der Waals surface area contributed by atoms with E-state index in [0.29, 0.717) is 0 Å². The van der Waals surface area contributed by atoms with Gasteiger partial charge in [-0.25, -0.2) is 0 Å². The fraction of sp³-hybridized carbons (Fsp3) is 0.909. The number of unbranched alkanes of at least 4 members (excludes halogenated alkanes) is 1. The van der Waals surface area contributed by atoms with E-state index in [1.807, 2.05) is 0 Å². The molecule has 1 nitrogen and oxygen atoms in total. The Morgan fingerprint density at radius 3 is 2.33 bits per heavy atom. The van der Waals surface area contributed by atoms with Crippen molar-refractivity contribution in [3.05, 3.63) is 6.10 Å². The third-order valence-electron chi connectivity index (χ3n) is 2.47. The number of rotatable bonds is 4. The molecular formula is C11H21O. The van der Waals surface area contributed by atoms with Crippen LogP contribution in [-0.2, 0) is 4.74 Å². The van der Waals surface area contributed by atoms with Crippen LogP contribution >= 0.6 is 0 Å². The van der Waals surface area contributed by atoms with Gasteiger partial charge in [0, 0.05) is 6.61 Å². The highest BCUT2D eigenvalue weighted by Gasteiger charge is 2.12. The summed E-state index contributed by atoms with van der Waals surface area (Å²) in [6.07, 6.45) is 11.8. The van der Waals surface area contributed by atoms with Crippen molar-refractivity contribution >= 4 is 0 Å². The molecule has 0 bridgehead atoms. The van der Waals surface area contributed by atoms with Crippen LogP contribution in [0.2, 0.25) is 0 Å². The van der Waals surface area contributed by atoms with E-state index in [1.165, 1.54) is 57.5 Å². The summed E-state index contributed by atoms with van der Waals surface area (Å²) in [5.74, 6) is 0. The zero-order chi connectivity index (χ0) is 8.65. The summed E-state index contributed by atoms with van der Waals surface area (Å²) in [5, 5.41) is 0. The molecular weight excluding hydrogens is 148 g/mol. The molecule has 0 N–H and O–H groups in total. The fourth-order valence-corrected chi connectivity index (χ4v) is 1.63. The Labute approximate surface area is 76.5 Å². The number of hydrogen-bond donors (Lipinski definition) is 0. The van der Waals surface area contributed by atoms with Crippen molar-refractivity contribution in [1.82, 2.24) is 0 Å². The predicted octanol–water partition coefficient (Wildman–Crippen LogP) is 3.69. The minimum absolute atomic E-state index is 0.950. The molecule has 1 fully saturated rings. The van der Waals surface area contributed by atoms with Gasteiger partial charge in [0.1, 0.15) is 0 Å². The third-order valence-corrected chi connectivity index (χ3v) is 2.47. The quantitative estimate of drug-likeness (QED) is 0.460. The van der Waals surface area contributed by atoms with Gasteiger partial charge in [-0.2, -0.15) is 0 Å². The first-order valence-electron chi connectivity index (χ1n) is 5.41. The van der Waals surface area contributed by atoms with Crippen molar-refractivity contribution in [1.29, 1.82) is 0 Å². The molecule has 0 amide bonds. The van der Waals surface area contributed by atoms with Crippen LogP contribution in [0.3, 0.4) is 0 Å². The lowest BCUT2D eigenvalue weighted by atomic mass is 10.1. The molecule has 0 aromatic rings. The Balaban J connectivity index is 2.04. The van der Waals surface area contributed by atoms with Crippen molar-refractivity contribution in [3.8, 4) is 0 Å². The van der Waals surface area contributed by atoms with Crippen LogP contribution in [0.1, 0.15) is 58.3 Å². The number of ether oxygens (including phenoxy) is 1. The first kappa shape index (κ1) is 10.0. The largest absolute Gasteiger partial charge is 0.372 e. The Bertz CT molecular complexity index is 93.2. The van der Waals surface area contributed by atoms with Crippen molar-refractivity contribution in [2.45, 2.75) is 58.3 Å². The van der Waals surface area contributed by atoms with Gasteiger partial charge >= 0.3 is 0 Å². The first-order valence-corrected chi connectivity index (χ1v) is 5.41. The summed E-state index contributed by atoms with van der Waals surface area (Å²) in [6.45, 7) is 3.16. The Morgan fingerprint density at radius 2 is 1.75 bits per heavy atom. The highest BCUT2D eigenvalue weighted by Crippen LogP contribution is 2.25. The van der Waals surface area contributed by atoms with E-state index in [1.54, 1.807) is 0 Å². The Morgan fingerprint density at radius 1 is 1.08 bits per heavy atom. The Hall–Kier alpha value is -0.0400. The Kier molecular flexibility index (Phi) is 5.42. The summed E-state index contributed by atoms with van der Waals surface area (Å²) in [7, 11) is 0. The molecule has 0 spiro atoms. The van der Waals surface area contributed by atoms with E-state index in [-0.39, 0.29) is 0 Å². The average Bonchev–Trinajstić information content (AvgIpc) is 2.33. The molecule has 71 valence electrons. The maximum Gasteiger partial charge on any atom is 0.0970 e. The van der Waals surface area contributed by atoms with Crippen LogP contribution in [0.4, 0.5) is 0 Å². The minimum atomic E-state index is 0.950. The van der Waals surface area contributed by atoms with Crippen molar-refractivity contribution in [3.63, 3.8) is 0 Å². The molecule has 1 rings (SSSR count). The average molecular weight is 169 g/mol. The normalized spacial score (nSPS) is 20.8. The molecule has 0 aromatic carbocycles. The molecule has 12 heavy (non-hydrogen) atoms. The monoisotopic (exact) mass is 169 g/mol. The predicted molar refractivity (Wildman–Crippen MR) is 51.8 cm³/mol. The maximum absolute atomic E-state index is 5.72. The van der Waals surface area contributed by atoms with Gasteiger partial charge in [0.05, 0.1) is 6.10 Å². The van der Waals surface area contributed by atoms with E-state index < -0.39 is 0 Å². The molecule has 1 aliphatic rings. The smallest absolute Gasteiger partial charge is 0.0970 e. The van der Waals surface area contributed by atoms with Gasteiger partial charge in [0.25, 0.3) is 0 Å². The molecule has 0 aromatic heterocycles. The van der Waals surface area contributed by atoms with Crippen LogP contribution in [-0.4, -0.2) is 6.61 Å². The summed E-state index contributed by atoms with van der Waals surface area (Å²) in [6, 6.07) is 0. The van der Waals surface area contributed by atoms with Crippen molar-refractivity contribution < 1.29 is 4.74 Å². The molecule has 1 radical (unpaired) electrons. The lowest BCUT2D eigenvalue weighted by Crippen LogP contribution is -2.03. The zero-order valence-corrected chi connectivity index (χ0v) is 8.27. The molecule has 1 saturated carbocycles. The molecule has 0 heterocycles. The first-order chi connectivity index (χ1) is 5.93. The van der Waals surface area contributed by atoms with Gasteiger partial charge in [-0.15, -0.1) is 0 Å². The second kappa shape index (κ2) is 6.47. The van der Waals surface area contributed by atoms with Crippen LogP contribution in [0.5, 0.6) is 0 Å². The molecule has 0 unspecified atom stereocenters. The van der Waals surface area contributed by atoms with Gasteiger partial charge in [-0.1, -0.05) is 39.0 Å². The highest BCUT2D eigenvalue weighted by molar-refractivity contribution is 4.80. The minimum Gasteiger partial charge on any atom is -0.372 e. The van der Waals surface area contributed by atoms with Gasteiger partial charge < -0.3 is 4.74 Å². The van der Waals surface area contributed by atoms with E-state index in [2.05, 4.69) is 6.92 Å². The van der Waals surface area contributed by atoms with Gasteiger partial charge in [0.2, 0.25) is 0 Å². The second-order valence-electron chi connectivity index (χ2n) is 3.65. The topological polar surface area (TPSA) is 9.23 Å². The van der Waals surface area contributed by atoms with Crippen molar-refractivity contribution in [2.24, 2.45) is 0 Å². The summed E-state index contributed by atoms with van der Waals surface area (Å²) in [5.41, 5.74) is 0. The SMILES string of the molecule is CCCCO[C]1CCCCCC1. The van der Waals surface area contributed by atoms with E-state index >= 15 is 0 Å². The highest BCUT2D eigenvalue weighted by atomic mass is 16.5. The lowest BCUT2D eigenvalue weighted by Gasteiger charge is -2.13. The summed E-state index contributed by atoms with van der Waals surface area (Å²) >= 11 is 0. The van der Waals surface area contributed by atoms with Gasteiger partial charge in [-0.3, -0.25) is 0 Å². The lowest BCUT2D eigenvalue weighted by molar-refractivity contribution is 0.124. The van der Waals surface area contributed by atoms with E-state index in [4.69, 9.17) is 4.74 Å². The zero-order valence-electron chi connectivity index (χ0n) is 8.27. The second-order valence-corrected chi connectivity index (χ2v) is 3.65. The van der Waals surface area contributed by atoms with E-state index in [0.717, 1.165) is 6.61 Å². The van der Waals surface area contributed by atoms with E-state index in [9.17, 15) is 0 Å². The van der Waals surface area contributed by atoms with Crippen LogP contribution in [0.15, 0.2) is 0 Å². The molecule has 0 saturated heterocycles. The fourth-order valence-electron chi connectivity index (χ4n) is 1.63. The molecule has 0 aliphatic heterocycles. The van der Waals surface area contributed by atoms with Crippen LogP contribution in [0, 0.1) is 6.10 Å². The maximum atomic E-state index is 5.72. The van der Waals surface area contributed by atoms with Crippen LogP contribution < -0.4 is 0 Å². The molecule has 0 atom stereocenters.